The van der Waals surface area contributed by atoms with Gasteiger partial charge in [-0.2, -0.15) is 0 Å². The number of hydrogen-bond acceptors (Lipinski definition) is 5. The number of carbonyl (C=O) groups is 1. The molecule has 148 valence electrons. The highest BCUT2D eigenvalue weighted by Gasteiger charge is 2.30. The van der Waals surface area contributed by atoms with Crippen molar-refractivity contribution in [3.8, 4) is 0 Å². The predicted octanol–water partition coefficient (Wildman–Crippen LogP) is 2.75. The molecule has 1 aromatic carbocycles. The number of hydrogen-bond donors (Lipinski definition) is 0. The van der Waals surface area contributed by atoms with Crippen molar-refractivity contribution in [2.24, 2.45) is 7.05 Å². The first kappa shape index (κ1) is 18.1. The summed E-state index contributed by atoms with van der Waals surface area (Å²) >= 11 is 1.65. The van der Waals surface area contributed by atoms with Crippen molar-refractivity contribution >= 4 is 38.6 Å². The molecule has 0 aliphatic carbocycles. The number of imidazole rings is 1. The van der Waals surface area contributed by atoms with E-state index >= 15 is 0 Å². The standard InChI is InChI=1S/C21H21N5O2S/c1-24-16-6-4-11-22-20(16)26(21(24)28)14-10-12-25(13-14)19(27)9-8-18-23-15-5-2-3-7-17(15)29-18/h2-7,11,14H,8-10,12-13H2,1H3/t14-/m0/s1. The van der Waals surface area contributed by atoms with E-state index in [-0.39, 0.29) is 17.6 Å². The van der Waals surface area contributed by atoms with Gasteiger partial charge in [-0.05, 0) is 30.7 Å². The lowest BCUT2D eigenvalue weighted by Gasteiger charge is -2.16. The van der Waals surface area contributed by atoms with E-state index in [4.69, 9.17) is 0 Å². The summed E-state index contributed by atoms with van der Waals surface area (Å²) in [6.07, 6.45) is 3.56. The van der Waals surface area contributed by atoms with Crippen molar-refractivity contribution in [1.82, 2.24) is 24.0 Å². The van der Waals surface area contributed by atoms with Gasteiger partial charge in [0.25, 0.3) is 0 Å². The zero-order chi connectivity index (χ0) is 20.0. The van der Waals surface area contributed by atoms with Crippen LogP contribution in [0.15, 0.2) is 47.4 Å². The molecule has 5 rings (SSSR count). The van der Waals surface area contributed by atoms with E-state index in [0.29, 0.717) is 31.6 Å². The molecule has 0 N–H and O–H groups in total. The Kier molecular flexibility index (Phi) is 4.43. The average Bonchev–Trinajstić information content (AvgIpc) is 3.44. The fourth-order valence-corrected chi connectivity index (χ4v) is 5.07. The molecule has 1 amide bonds. The number of benzene rings is 1. The number of thiazole rings is 1. The molecule has 8 heteroatoms. The molecule has 1 saturated heterocycles. The number of amides is 1. The number of nitrogens with zero attached hydrogens (tertiary/aromatic N) is 5. The van der Waals surface area contributed by atoms with Gasteiger partial charge in [-0.25, -0.2) is 14.8 Å². The number of fused-ring (bicyclic) bond motifs is 2. The Bertz CT molecular complexity index is 1240. The van der Waals surface area contributed by atoms with Crippen LogP contribution in [0.4, 0.5) is 0 Å². The third-order valence-corrected chi connectivity index (χ3v) is 6.72. The molecule has 3 aromatic heterocycles. The minimum atomic E-state index is -0.0764. The summed E-state index contributed by atoms with van der Waals surface area (Å²) in [6, 6.07) is 11.7. The van der Waals surface area contributed by atoms with E-state index in [1.807, 2.05) is 35.2 Å². The van der Waals surface area contributed by atoms with Crippen molar-refractivity contribution in [3.05, 3.63) is 58.1 Å². The first-order chi connectivity index (χ1) is 14.1. The van der Waals surface area contributed by atoms with E-state index in [1.165, 1.54) is 0 Å². The van der Waals surface area contributed by atoms with Crippen LogP contribution < -0.4 is 5.69 Å². The molecule has 0 saturated carbocycles. The summed E-state index contributed by atoms with van der Waals surface area (Å²) in [5, 5.41) is 0.991. The molecule has 7 nitrogen and oxygen atoms in total. The molecule has 1 aliphatic heterocycles. The first-order valence-corrected chi connectivity index (χ1v) is 10.6. The highest BCUT2D eigenvalue weighted by atomic mass is 32.1. The number of para-hydroxylation sites is 1. The molecule has 4 heterocycles. The van der Waals surface area contributed by atoms with Gasteiger partial charge in [0.1, 0.15) is 0 Å². The minimum absolute atomic E-state index is 0.0347. The Morgan fingerprint density at radius 3 is 2.97 bits per heavy atom. The van der Waals surface area contributed by atoms with Crippen molar-refractivity contribution in [2.75, 3.05) is 13.1 Å². The third-order valence-electron chi connectivity index (χ3n) is 5.62. The van der Waals surface area contributed by atoms with Gasteiger partial charge in [0.05, 0.1) is 26.8 Å². The van der Waals surface area contributed by atoms with E-state index < -0.39 is 0 Å². The molecule has 4 aromatic rings. The van der Waals surface area contributed by atoms with Crippen LogP contribution in [0.25, 0.3) is 21.4 Å². The van der Waals surface area contributed by atoms with Crippen LogP contribution in [0.1, 0.15) is 23.9 Å². The normalized spacial score (nSPS) is 16.9. The molecule has 1 aliphatic rings. The predicted molar refractivity (Wildman–Crippen MR) is 113 cm³/mol. The Hall–Kier alpha value is -3.00. The molecular formula is C21H21N5O2S. The minimum Gasteiger partial charge on any atom is -0.341 e. The second-order valence-electron chi connectivity index (χ2n) is 7.42. The Morgan fingerprint density at radius 2 is 2.10 bits per heavy atom. The van der Waals surface area contributed by atoms with Crippen LogP contribution in [0.5, 0.6) is 0 Å². The van der Waals surface area contributed by atoms with Gasteiger partial charge in [0.2, 0.25) is 5.91 Å². The fraction of sp³-hybridized carbons (Fsp3) is 0.333. The highest BCUT2D eigenvalue weighted by molar-refractivity contribution is 7.18. The molecule has 0 spiro atoms. The number of aryl methyl sites for hydroxylation is 2. The lowest BCUT2D eigenvalue weighted by molar-refractivity contribution is -0.130. The summed E-state index contributed by atoms with van der Waals surface area (Å²) in [6.45, 7) is 1.22. The number of aromatic nitrogens is 4. The zero-order valence-corrected chi connectivity index (χ0v) is 16.9. The van der Waals surface area contributed by atoms with Gasteiger partial charge in [-0.3, -0.25) is 13.9 Å². The van der Waals surface area contributed by atoms with Gasteiger partial charge in [-0.1, -0.05) is 12.1 Å². The van der Waals surface area contributed by atoms with E-state index in [1.54, 1.807) is 33.7 Å². The van der Waals surface area contributed by atoms with Crippen molar-refractivity contribution in [1.29, 1.82) is 0 Å². The smallest absolute Gasteiger partial charge is 0.330 e. The Morgan fingerprint density at radius 1 is 1.24 bits per heavy atom. The van der Waals surface area contributed by atoms with Crippen LogP contribution in [0, 0.1) is 0 Å². The van der Waals surface area contributed by atoms with Gasteiger partial charge < -0.3 is 4.90 Å². The maximum absolute atomic E-state index is 12.8. The Balaban J connectivity index is 1.29. The molecule has 1 atom stereocenters. The molecule has 0 unspecified atom stereocenters. The van der Waals surface area contributed by atoms with E-state index in [0.717, 1.165) is 27.2 Å². The SMILES string of the molecule is Cn1c(=O)n([C@H]2CCN(C(=O)CCc3nc4ccccc4s3)C2)c2ncccc21. The van der Waals surface area contributed by atoms with Crippen molar-refractivity contribution in [2.45, 2.75) is 25.3 Å². The largest absolute Gasteiger partial charge is 0.341 e. The highest BCUT2D eigenvalue weighted by Crippen LogP contribution is 2.26. The molecular weight excluding hydrogens is 386 g/mol. The topological polar surface area (TPSA) is 73.0 Å². The fourth-order valence-electron chi connectivity index (χ4n) is 4.10. The maximum atomic E-state index is 12.8. The second-order valence-corrected chi connectivity index (χ2v) is 8.53. The monoisotopic (exact) mass is 407 g/mol. The Labute approximate surface area is 171 Å². The third kappa shape index (κ3) is 3.13. The lowest BCUT2D eigenvalue weighted by Crippen LogP contribution is -2.32. The average molecular weight is 407 g/mol. The van der Waals surface area contributed by atoms with Gasteiger partial charge in [-0.15, -0.1) is 11.3 Å². The number of carbonyl (C=O) groups excluding carboxylic acids is 1. The summed E-state index contributed by atoms with van der Waals surface area (Å²) in [4.78, 5) is 36.4. The zero-order valence-electron chi connectivity index (χ0n) is 16.1. The first-order valence-electron chi connectivity index (χ1n) is 9.76. The van der Waals surface area contributed by atoms with Gasteiger partial charge in [0.15, 0.2) is 5.65 Å². The van der Waals surface area contributed by atoms with E-state index in [2.05, 4.69) is 16.0 Å². The molecule has 0 radical (unpaired) electrons. The molecule has 1 fully saturated rings. The van der Waals surface area contributed by atoms with Crippen LogP contribution >= 0.6 is 11.3 Å². The number of likely N-dealkylation sites (tertiary alicyclic amines) is 1. The summed E-state index contributed by atoms with van der Waals surface area (Å²) in [5.74, 6) is 0.119. The van der Waals surface area contributed by atoms with Gasteiger partial charge in [0, 0.05) is 39.2 Å². The lowest BCUT2D eigenvalue weighted by atomic mass is 10.2. The quantitative estimate of drug-likeness (QED) is 0.521. The number of pyridine rings is 1. The van der Waals surface area contributed by atoms with Crippen LogP contribution in [0.3, 0.4) is 0 Å². The van der Waals surface area contributed by atoms with E-state index in [9.17, 15) is 9.59 Å². The van der Waals surface area contributed by atoms with Crippen molar-refractivity contribution in [3.63, 3.8) is 0 Å². The van der Waals surface area contributed by atoms with Crippen LogP contribution in [0.2, 0.25) is 0 Å². The van der Waals surface area contributed by atoms with Crippen molar-refractivity contribution < 1.29 is 4.79 Å². The van der Waals surface area contributed by atoms with Crippen LogP contribution in [-0.2, 0) is 18.3 Å². The van der Waals surface area contributed by atoms with Crippen LogP contribution in [-0.4, -0.2) is 43.0 Å². The number of rotatable bonds is 4. The molecule has 29 heavy (non-hydrogen) atoms. The molecule has 0 bridgehead atoms. The summed E-state index contributed by atoms with van der Waals surface area (Å²) < 4.78 is 4.52. The summed E-state index contributed by atoms with van der Waals surface area (Å²) in [5.41, 5.74) is 2.42. The second kappa shape index (κ2) is 7.11. The van der Waals surface area contributed by atoms with Gasteiger partial charge >= 0.3 is 5.69 Å². The maximum Gasteiger partial charge on any atom is 0.330 e. The summed E-state index contributed by atoms with van der Waals surface area (Å²) in [7, 11) is 1.76.